The minimum Gasteiger partial charge on any atom is -0.497 e. The van der Waals surface area contributed by atoms with Crippen molar-refractivity contribution in [2.24, 2.45) is 0 Å². The summed E-state index contributed by atoms with van der Waals surface area (Å²) < 4.78 is 40.4. The molecule has 3 rings (SSSR count). The molecule has 1 saturated heterocycles. The Kier molecular flexibility index (Phi) is 5.26. The minimum absolute atomic E-state index is 0.00135. The van der Waals surface area contributed by atoms with E-state index < -0.39 is 28.9 Å². The summed E-state index contributed by atoms with van der Waals surface area (Å²) in [6.07, 6.45) is 0. The zero-order valence-electron chi connectivity index (χ0n) is 14.1. The van der Waals surface area contributed by atoms with Gasteiger partial charge in [-0.2, -0.15) is 0 Å². The van der Waals surface area contributed by atoms with Crippen molar-refractivity contribution < 1.29 is 32.8 Å². The number of amides is 1. The van der Waals surface area contributed by atoms with Gasteiger partial charge in [-0.05, 0) is 29.8 Å². The largest absolute Gasteiger partial charge is 0.497 e. The van der Waals surface area contributed by atoms with Crippen LogP contribution in [0.3, 0.4) is 0 Å². The van der Waals surface area contributed by atoms with E-state index in [0.717, 1.165) is 22.0 Å². The van der Waals surface area contributed by atoms with Crippen LogP contribution in [0, 0.1) is 5.82 Å². The first-order chi connectivity index (χ1) is 12.9. The second-order valence-corrected chi connectivity index (χ2v) is 6.70. The fourth-order valence-electron chi connectivity index (χ4n) is 2.47. The quantitative estimate of drug-likeness (QED) is 0.772. The molecule has 0 saturated carbocycles. The number of halogens is 1. The van der Waals surface area contributed by atoms with Gasteiger partial charge in [0.15, 0.2) is 5.82 Å². The van der Waals surface area contributed by atoms with Crippen molar-refractivity contribution in [1.29, 1.82) is 0 Å². The second kappa shape index (κ2) is 7.62. The molecule has 10 heteroatoms. The number of carbonyl (C=O) groups excluding carboxylic acids is 1. The average molecular weight is 394 g/mol. The first kappa shape index (κ1) is 18.6. The molecule has 2 aromatic rings. The van der Waals surface area contributed by atoms with Crippen LogP contribution in [0.1, 0.15) is 15.9 Å². The van der Waals surface area contributed by atoms with E-state index >= 15 is 0 Å². The fraction of sp³-hybridized carbons (Fsp3) is 0.176. The molecule has 1 fully saturated rings. The number of nitrogens with one attached hydrogen (secondary N) is 1. The molecule has 8 nitrogen and oxygen atoms in total. The molecule has 1 amide bonds. The highest BCUT2D eigenvalue weighted by molar-refractivity contribution is 7.85. The lowest BCUT2D eigenvalue weighted by molar-refractivity contribution is -0.117. The van der Waals surface area contributed by atoms with Crippen LogP contribution in [0.2, 0.25) is 0 Å². The van der Waals surface area contributed by atoms with E-state index in [4.69, 9.17) is 14.6 Å². The molecule has 2 aromatic carbocycles. The molecule has 1 aliphatic rings. The number of anilines is 1. The molecule has 0 aromatic heterocycles. The summed E-state index contributed by atoms with van der Waals surface area (Å²) in [4.78, 5) is 22.7. The predicted octanol–water partition coefficient (Wildman–Crippen LogP) is 1.63. The van der Waals surface area contributed by atoms with E-state index in [9.17, 15) is 18.2 Å². The number of carboxylic acid groups (broad SMARTS) is 1. The lowest BCUT2D eigenvalue weighted by atomic mass is 10.1. The first-order valence-electron chi connectivity index (χ1n) is 7.70. The lowest BCUT2D eigenvalue weighted by Crippen LogP contribution is -2.24. The van der Waals surface area contributed by atoms with Crippen molar-refractivity contribution in [2.75, 3.05) is 18.0 Å². The third kappa shape index (κ3) is 4.00. The topological polar surface area (TPSA) is 105 Å². The molecule has 1 atom stereocenters. The Morgan fingerprint density at radius 3 is 2.59 bits per heavy atom. The average Bonchev–Trinajstić information content (AvgIpc) is 2.97. The number of carboxylic acids is 1. The highest BCUT2D eigenvalue weighted by Crippen LogP contribution is 2.35. The van der Waals surface area contributed by atoms with Gasteiger partial charge in [-0.3, -0.25) is 13.8 Å². The summed E-state index contributed by atoms with van der Waals surface area (Å²) in [5.74, 6) is -2.32. The van der Waals surface area contributed by atoms with Gasteiger partial charge in [0, 0.05) is 0 Å². The maximum Gasteiger partial charge on any atom is 0.335 e. The number of carbonyl (C=O) groups is 2. The number of rotatable bonds is 6. The summed E-state index contributed by atoms with van der Waals surface area (Å²) in [5, 5.41) is 9.15. The van der Waals surface area contributed by atoms with Crippen LogP contribution in [0.15, 0.2) is 36.4 Å². The Morgan fingerprint density at radius 2 is 2.04 bits per heavy atom. The molecule has 27 heavy (non-hydrogen) atoms. The van der Waals surface area contributed by atoms with Crippen molar-refractivity contribution in [3.63, 3.8) is 0 Å². The molecular formula is C17H15FN2O6S. The maximum atomic E-state index is 14.6. The SMILES string of the molecule is COc1ccc(COc2cc(C(=O)O)cc(F)c2N2CC(=O)NS2=O)cc1. The Balaban J connectivity index is 1.94. The summed E-state index contributed by atoms with van der Waals surface area (Å²) in [6, 6.07) is 8.81. The lowest BCUT2D eigenvalue weighted by Gasteiger charge is -2.19. The van der Waals surface area contributed by atoms with Crippen molar-refractivity contribution in [1.82, 2.24) is 4.72 Å². The van der Waals surface area contributed by atoms with Gasteiger partial charge in [0.1, 0.15) is 30.3 Å². The molecule has 0 spiro atoms. The first-order valence-corrected chi connectivity index (χ1v) is 8.81. The van der Waals surface area contributed by atoms with Crippen molar-refractivity contribution in [2.45, 2.75) is 6.61 Å². The van der Waals surface area contributed by atoms with E-state index in [1.54, 1.807) is 24.3 Å². The fourth-order valence-corrected chi connectivity index (χ4v) is 3.42. The van der Waals surface area contributed by atoms with Crippen LogP contribution in [-0.4, -0.2) is 34.8 Å². The Morgan fingerprint density at radius 1 is 1.33 bits per heavy atom. The highest BCUT2D eigenvalue weighted by atomic mass is 32.2. The van der Waals surface area contributed by atoms with Crippen LogP contribution in [0.5, 0.6) is 11.5 Å². The standard InChI is InChI=1S/C17H15FN2O6S/c1-25-12-4-2-10(3-5-12)9-26-14-7-11(17(22)23)6-13(18)16(14)20-8-15(21)19-27(20)24/h2-7H,8-9H2,1H3,(H,19,21)(H,22,23). The summed E-state index contributed by atoms with van der Waals surface area (Å²) in [7, 11) is 1.53. The van der Waals surface area contributed by atoms with E-state index in [0.29, 0.717) is 5.75 Å². The number of aromatic carboxylic acids is 1. The van der Waals surface area contributed by atoms with Crippen LogP contribution in [0.25, 0.3) is 0 Å². The Bertz CT molecular complexity index is 918. The molecule has 0 bridgehead atoms. The van der Waals surface area contributed by atoms with Gasteiger partial charge in [-0.25, -0.2) is 13.4 Å². The van der Waals surface area contributed by atoms with E-state index in [2.05, 4.69) is 4.72 Å². The number of hydrogen-bond acceptors (Lipinski definition) is 5. The molecule has 1 aliphatic heterocycles. The van der Waals surface area contributed by atoms with E-state index in [-0.39, 0.29) is 30.2 Å². The van der Waals surface area contributed by atoms with Crippen LogP contribution >= 0.6 is 0 Å². The second-order valence-electron chi connectivity index (χ2n) is 5.56. The molecule has 0 aliphatic carbocycles. The molecule has 0 radical (unpaired) electrons. The number of methoxy groups -OCH3 is 1. The van der Waals surface area contributed by atoms with Crippen molar-refractivity contribution in [3.05, 3.63) is 53.3 Å². The number of benzene rings is 2. The van der Waals surface area contributed by atoms with Gasteiger partial charge in [-0.1, -0.05) is 12.1 Å². The number of ether oxygens (including phenoxy) is 2. The number of nitrogens with zero attached hydrogens (tertiary/aromatic N) is 1. The van der Waals surface area contributed by atoms with Crippen molar-refractivity contribution >= 4 is 28.7 Å². The third-order valence-electron chi connectivity index (χ3n) is 3.77. The normalized spacial score (nSPS) is 16.1. The van der Waals surface area contributed by atoms with Gasteiger partial charge in [-0.15, -0.1) is 0 Å². The summed E-state index contributed by atoms with van der Waals surface area (Å²) in [6.45, 7) is -0.337. The Hall–Kier alpha value is -3.14. The Labute approximate surface area is 156 Å². The van der Waals surface area contributed by atoms with Crippen LogP contribution in [-0.2, 0) is 22.6 Å². The van der Waals surface area contributed by atoms with E-state index in [1.165, 1.54) is 7.11 Å². The van der Waals surface area contributed by atoms with Crippen LogP contribution < -0.4 is 18.5 Å². The smallest absolute Gasteiger partial charge is 0.335 e. The maximum absolute atomic E-state index is 14.6. The molecule has 142 valence electrons. The zero-order valence-corrected chi connectivity index (χ0v) is 14.9. The van der Waals surface area contributed by atoms with E-state index in [1.807, 2.05) is 0 Å². The zero-order chi connectivity index (χ0) is 19.6. The van der Waals surface area contributed by atoms with Gasteiger partial charge >= 0.3 is 5.97 Å². The van der Waals surface area contributed by atoms with Gasteiger partial charge in [0.05, 0.1) is 12.7 Å². The van der Waals surface area contributed by atoms with Gasteiger partial charge in [0.25, 0.3) is 5.91 Å². The minimum atomic E-state index is -1.98. The third-order valence-corrected chi connectivity index (χ3v) is 4.88. The van der Waals surface area contributed by atoms with Gasteiger partial charge < -0.3 is 14.6 Å². The highest BCUT2D eigenvalue weighted by Gasteiger charge is 2.32. The monoisotopic (exact) mass is 394 g/mol. The van der Waals surface area contributed by atoms with Gasteiger partial charge in [0.2, 0.25) is 11.2 Å². The summed E-state index contributed by atoms with van der Waals surface area (Å²) in [5.41, 5.74) is 0.148. The molecule has 1 heterocycles. The molecular weight excluding hydrogens is 379 g/mol. The predicted molar refractivity (Wildman–Crippen MR) is 94.3 cm³/mol. The summed E-state index contributed by atoms with van der Waals surface area (Å²) >= 11 is -1.98. The van der Waals surface area contributed by atoms with Crippen molar-refractivity contribution in [3.8, 4) is 11.5 Å². The number of hydrogen-bond donors (Lipinski definition) is 2. The molecule has 2 N–H and O–H groups in total. The molecule has 1 unspecified atom stereocenters. The van der Waals surface area contributed by atoms with Crippen LogP contribution in [0.4, 0.5) is 10.1 Å².